The predicted octanol–water partition coefficient (Wildman–Crippen LogP) is 4.07. The van der Waals surface area contributed by atoms with Gasteiger partial charge in [-0.1, -0.05) is 24.8 Å². The fraction of sp³-hybridized carbons (Fsp3) is 0.458. The number of carbonyl (C=O) groups is 1. The topological polar surface area (TPSA) is 73.7 Å². The van der Waals surface area contributed by atoms with E-state index in [1.165, 1.54) is 29.5 Å². The Morgan fingerprint density at radius 2 is 2.06 bits per heavy atom. The first kappa shape index (κ1) is 23.6. The van der Waals surface area contributed by atoms with Crippen molar-refractivity contribution in [2.24, 2.45) is 5.92 Å². The summed E-state index contributed by atoms with van der Waals surface area (Å²) in [7, 11) is 3.21. The number of carbonyl (C=O) groups excluding carboxylic acids is 1. The molecule has 0 spiro atoms. The van der Waals surface area contributed by atoms with Gasteiger partial charge in [0.1, 0.15) is 4.70 Å². The van der Waals surface area contributed by atoms with E-state index in [1.54, 1.807) is 18.8 Å². The van der Waals surface area contributed by atoms with Gasteiger partial charge in [-0.2, -0.15) is 0 Å². The van der Waals surface area contributed by atoms with Gasteiger partial charge in [-0.3, -0.25) is 14.2 Å². The molecule has 0 aliphatic carbocycles. The van der Waals surface area contributed by atoms with Crippen LogP contribution < -0.4 is 15.0 Å². The molecule has 9 heteroatoms. The third kappa shape index (κ3) is 5.35. The minimum atomic E-state index is -0.0583. The average Bonchev–Trinajstić information content (AvgIpc) is 3.30. The van der Waals surface area contributed by atoms with E-state index in [1.807, 2.05) is 34.5 Å². The first-order valence-electron chi connectivity index (χ1n) is 11.1. The molecule has 4 rings (SSSR count). The Morgan fingerprint density at radius 1 is 1.24 bits per heavy atom. The fourth-order valence-electron chi connectivity index (χ4n) is 4.14. The van der Waals surface area contributed by atoms with Crippen molar-refractivity contribution in [1.82, 2.24) is 14.5 Å². The number of nitrogens with zero attached hydrogens (tertiary/aromatic N) is 3. The number of aryl methyl sites for hydroxylation is 1. The molecule has 0 radical (unpaired) electrons. The molecule has 1 saturated heterocycles. The van der Waals surface area contributed by atoms with E-state index >= 15 is 0 Å². The van der Waals surface area contributed by atoms with Crippen LogP contribution in [0.3, 0.4) is 0 Å². The van der Waals surface area contributed by atoms with Gasteiger partial charge in [-0.15, -0.1) is 11.3 Å². The number of ether oxygens (including phenoxy) is 2. The maximum absolute atomic E-state index is 13.2. The first-order valence-corrected chi connectivity index (χ1v) is 13.0. The van der Waals surface area contributed by atoms with Crippen LogP contribution in [0.2, 0.25) is 0 Å². The van der Waals surface area contributed by atoms with Crippen LogP contribution in [0, 0.1) is 5.92 Å². The highest BCUT2D eigenvalue weighted by molar-refractivity contribution is 7.99. The molecule has 0 saturated carbocycles. The predicted molar refractivity (Wildman–Crippen MR) is 133 cm³/mol. The Labute approximate surface area is 201 Å². The molecule has 33 heavy (non-hydrogen) atoms. The smallest absolute Gasteiger partial charge is 0.272 e. The van der Waals surface area contributed by atoms with Gasteiger partial charge in [0.15, 0.2) is 16.7 Å². The average molecular weight is 488 g/mol. The minimum absolute atomic E-state index is 0.0583. The van der Waals surface area contributed by atoms with E-state index in [0.29, 0.717) is 45.8 Å². The third-order valence-electron chi connectivity index (χ3n) is 5.94. The molecule has 1 atom stereocenters. The zero-order chi connectivity index (χ0) is 23.4. The molecule has 0 N–H and O–H groups in total. The van der Waals surface area contributed by atoms with E-state index in [2.05, 4.69) is 6.92 Å². The summed E-state index contributed by atoms with van der Waals surface area (Å²) in [5, 5.41) is 2.47. The molecule has 2 aromatic heterocycles. The zero-order valence-electron chi connectivity index (χ0n) is 19.2. The highest BCUT2D eigenvalue weighted by Gasteiger charge is 2.22. The van der Waals surface area contributed by atoms with Gasteiger partial charge in [-0.25, -0.2) is 4.98 Å². The maximum atomic E-state index is 13.2. The van der Waals surface area contributed by atoms with Crippen LogP contribution in [0.15, 0.2) is 39.6 Å². The Balaban J connectivity index is 1.54. The van der Waals surface area contributed by atoms with Crippen molar-refractivity contribution in [2.45, 2.75) is 37.9 Å². The van der Waals surface area contributed by atoms with Crippen LogP contribution in [-0.2, 0) is 17.8 Å². The summed E-state index contributed by atoms with van der Waals surface area (Å²) in [5.74, 6) is 2.25. The monoisotopic (exact) mass is 487 g/mol. The molecule has 1 aliphatic heterocycles. The highest BCUT2D eigenvalue weighted by Crippen LogP contribution is 2.28. The van der Waals surface area contributed by atoms with Gasteiger partial charge < -0.3 is 14.4 Å². The molecule has 176 valence electrons. The lowest BCUT2D eigenvalue weighted by Crippen LogP contribution is -2.40. The van der Waals surface area contributed by atoms with Crippen LogP contribution in [0.4, 0.5) is 0 Å². The van der Waals surface area contributed by atoms with E-state index in [0.717, 1.165) is 25.1 Å². The maximum Gasteiger partial charge on any atom is 0.272 e. The van der Waals surface area contributed by atoms with Crippen molar-refractivity contribution < 1.29 is 14.3 Å². The Hall–Kier alpha value is -2.52. The summed E-state index contributed by atoms with van der Waals surface area (Å²) in [6.45, 7) is 4.27. The van der Waals surface area contributed by atoms with E-state index in [-0.39, 0.29) is 17.2 Å². The molecule has 3 heterocycles. The second-order valence-corrected chi connectivity index (χ2v) is 10.2. The molecule has 0 unspecified atom stereocenters. The minimum Gasteiger partial charge on any atom is -0.493 e. The molecule has 7 nitrogen and oxygen atoms in total. The van der Waals surface area contributed by atoms with Crippen molar-refractivity contribution >= 4 is 39.2 Å². The van der Waals surface area contributed by atoms with Crippen molar-refractivity contribution in [3.8, 4) is 11.5 Å². The van der Waals surface area contributed by atoms with Crippen molar-refractivity contribution in [1.29, 1.82) is 0 Å². The van der Waals surface area contributed by atoms with E-state index in [4.69, 9.17) is 14.5 Å². The summed E-state index contributed by atoms with van der Waals surface area (Å²) in [5.41, 5.74) is 1.66. The van der Waals surface area contributed by atoms with Crippen molar-refractivity contribution in [3.05, 3.63) is 45.6 Å². The van der Waals surface area contributed by atoms with Crippen LogP contribution in [0.5, 0.6) is 11.5 Å². The van der Waals surface area contributed by atoms with Crippen molar-refractivity contribution in [3.63, 3.8) is 0 Å². The van der Waals surface area contributed by atoms with Gasteiger partial charge >= 0.3 is 0 Å². The Bertz CT molecular complexity index is 1190. The number of fused-ring (bicyclic) bond motifs is 1. The van der Waals surface area contributed by atoms with Crippen LogP contribution in [-0.4, -0.2) is 53.4 Å². The van der Waals surface area contributed by atoms with Crippen molar-refractivity contribution in [2.75, 3.05) is 33.1 Å². The summed E-state index contributed by atoms with van der Waals surface area (Å²) >= 11 is 2.75. The number of hydrogen-bond acceptors (Lipinski definition) is 7. The van der Waals surface area contributed by atoms with Crippen LogP contribution in [0.25, 0.3) is 10.2 Å². The summed E-state index contributed by atoms with van der Waals surface area (Å²) < 4.78 is 13.1. The summed E-state index contributed by atoms with van der Waals surface area (Å²) in [6.07, 6.45) is 2.85. The largest absolute Gasteiger partial charge is 0.493 e. The standard InChI is InChI=1S/C24H29N3O4S2/c1-16-5-4-10-26(14-16)21(28)15-33-24-25-18-9-12-32-22(18)23(29)27(24)11-8-17-6-7-19(30-2)20(13-17)31-3/h6-7,9,12-13,16H,4-5,8,10-11,14-15H2,1-3H3/t16-/m1/s1. The quantitative estimate of drug-likeness (QED) is 0.352. The molecular formula is C24H29N3O4S2. The van der Waals surface area contributed by atoms with E-state index < -0.39 is 0 Å². The molecular weight excluding hydrogens is 458 g/mol. The number of thiophene rings is 1. The number of aromatic nitrogens is 2. The number of amides is 1. The van der Waals surface area contributed by atoms with Gasteiger partial charge in [-0.05, 0) is 54.3 Å². The number of rotatable bonds is 8. The first-order chi connectivity index (χ1) is 16.0. The third-order valence-corrected chi connectivity index (χ3v) is 7.79. The lowest BCUT2D eigenvalue weighted by Gasteiger charge is -2.30. The zero-order valence-corrected chi connectivity index (χ0v) is 20.8. The molecule has 1 amide bonds. The molecule has 3 aromatic rings. The Morgan fingerprint density at radius 3 is 2.82 bits per heavy atom. The number of methoxy groups -OCH3 is 2. The lowest BCUT2D eigenvalue weighted by molar-refractivity contribution is -0.130. The van der Waals surface area contributed by atoms with Crippen LogP contribution in [0.1, 0.15) is 25.3 Å². The lowest BCUT2D eigenvalue weighted by atomic mass is 10.0. The number of likely N-dealkylation sites (tertiary alicyclic amines) is 1. The SMILES string of the molecule is COc1ccc(CCn2c(SCC(=O)N3CCC[C@@H](C)C3)nc3ccsc3c2=O)cc1OC. The number of piperidine rings is 1. The second kappa shape index (κ2) is 10.6. The van der Waals surface area contributed by atoms with Crippen LogP contribution >= 0.6 is 23.1 Å². The van der Waals surface area contributed by atoms with Gasteiger partial charge in [0.2, 0.25) is 5.91 Å². The van der Waals surface area contributed by atoms with Gasteiger partial charge in [0.25, 0.3) is 5.56 Å². The van der Waals surface area contributed by atoms with E-state index in [9.17, 15) is 9.59 Å². The highest BCUT2D eigenvalue weighted by atomic mass is 32.2. The summed E-state index contributed by atoms with van der Waals surface area (Å²) in [4.78, 5) is 32.7. The molecule has 1 fully saturated rings. The molecule has 1 aromatic carbocycles. The number of thioether (sulfide) groups is 1. The number of benzene rings is 1. The molecule has 0 bridgehead atoms. The van der Waals surface area contributed by atoms with Gasteiger partial charge in [0, 0.05) is 19.6 Å². The number of hydrogen-bond donors (Lipinski definition) is 0. The second-order valence-electron chi connectivity index (χ2n) is 8.30. The van der Waals surface area contributed by atoms with Gasteiger partial charge in [0.05, 0.1) is 25.5 Å². The summed E-state index contributed by atoms with van der Waals surface area (Å²) in [6, 6.07) is 7.62. The normalized spacial score (nSPS) is 16.2. The fourth-order valence-corrected chi connectivity index (χ4v) is 5.85. The Kier molecular flexibility index (Phi) is 7.60. The molecule has 1 aliphatic rings.